The van der Waals surface area contributed by atoms with Crippen LogP contribution in [-0.4, -0.2) is 39.6 Å². The Morgan fingerprint density at radius 2 is 1.94 bits per heavy atom. The number of anilines is 1. The SMILES string of the molecule is Cc1cc(C(=O)O)ccc1-c1ccc(/C=C2\SC(=O)N(CC(=O)Nc3cccc(Cl)c3)C2=O)o1. The molecule has 2 heterocycles. The van der Waals surface area contributed by atoms with Gasteiger partial charge in [-0.05, 0) is 66.7 Å². The van der Waals surface area contributed by atoms with Crippen molar-refractivity contribution in [3.63, 3.8) is 0 Å². The van der Waals surface area contributed by atoms with E-state index < -0.39 is 29.6 Å². The molecule has 0 unspecified atom stereocenters. The van der Waals surface area contributed by atoms with E-state index in [0.29, 0.717) is 45.1 Å². The fourth-order valence-electron chi connectivity index (χ4n) is 3.32. The minimum atomic E-state index is -1.02. The van der Waals surface area contributed by atoms with E-state index in [2.05, 4.69) is 5.32 Å². The van der Waals surface area contributed by atoms with Crippen molar-refractivity contribution in [2.75, 3.05) is 11.9 Å². The second-order valence-corrected chi connectivity index (χ2v) is 8.79. The number of imide groups is 1. The second kappa shape index (κ2) is 9.58. The van der Waals surface area contributed by atoms with E-state index >= 15 is 0 Å². The van der Waals surface area contributed by atoms with Crippen LogP contribution in [0.5, 0.6) is 0 Å². The number of amides is 3. The molecule has 0 radical (unpaired) electrons. The first-order chi connectivity index (χ1) is 16.2. The molecule has 34 heavy (non-hydrogen) atoms. The first-order valence-corrected chi connectivity index (χ1v) is 11.2. The Bertz CT molecular complexity index is 1360. The van der Waals surface area contributed by atoms with Crippen LogP contribution in [0, 0.1) is 6.92 Å². The van der Waals surface area contributed by atoms with E-state index in [1.54, 1.807) is 55.5 Å². The molecule has 4 rings (SSSR count). The molecule has 3 aromatic rings. The standard InChI is InChI=1S/C24H17ClN2O6S/c1-13-9-14(23(30)31)5-7-18(13)19-8-6-17(33-19)11-20-22(29)27(24(32)34-20)12-21(28)26-16-4-2-3-15(25)10-16/h2-11H,12H2,1H3,(H,26,28)(H,30,31)/b20-11-. The van der Waals surface area contributed by atoms with Crippen LogP contribution in [0.4, 0.5) is 10.5 Å². The second-order valence-electron chi connectivity index (χ2n) is 7.36. The van der Waals surface area contributed by atoms with Gasteiger partial charge >= 0.3 is 5.97 Å². The molecule has 0 spiro atoms. The van der Waals surface area contributed by atoms with Gasteiger partial charge in [0.25, 0.3) is 11.1 Å². The van der Waals surface area contributed by atoms with E-state index in [0.717, 1.165) is 4.90 Å². The molecule has 0 atom stereocenters. The van der Waals surface area contributed by atoms with Gasteiger partial charge in [0.15, 0.2) is 0 Å². The maximum atomic E-state index is 12.7. The summed E-state index contributed by atoms with van der Waals surface area (Å²) in [5.74, 6) is -1.33. The Balaban J connectivity index is 1.47. The number of halogens is 1. The number of hydrogen-bond donors (Lipinski definition) is 2. The number of aryl methyl sites for hydroxylation is 1. The number of thioether (sulfide) groups is 1. The maximum Gasteiger partial charge on any atom is 0.335 e. The molecular weight excluding hydrogens is 480 g/mol. The molecule has 10 heteroatoms. The lowest BCUT2D eigenvalue weighted by atomic mass is 10.0. The van der Waals surface area contributed by atoms with Crippen LogP contribution in [-0.2, 0) is 9.59 Å². The lowest BCUT2D eigenvalue weighted by Gasteiger charge is -2.12. The summed E-state index contributed by atoms with van der Waals surface area (Å²) >= 11 is 6.61. The molecule has 2 N–H and O–H groups in total. The number of carboxylic acid groups (broad SMARTS) is 1. The van der Waals surface area contributed by atoms with Crippen molar-refractivity contribution in [2.45, 2.75) is 6.92 Å². The van der Waals surface area contributed by atoms with Crippen molar-refractivity contribution in [1.82, 2.24) is 4.90 Å². The fourth-order valence-corrected chi connectivity index (χ4v) is 4.33. The van der Waals surface area contributed by atoms with Crippen LogP contribution in [0.3, 0.4) is 0 Å². The van der Waals surface area contributed by atoms with E-state index in [1.807, 2.05) is 0 Å². The van der Waals surface area contributed by atoms with Gasteiger partial charge in [0.2, 0.25) is 5.91 Å². The highest BCUT2D eigenvalue weighted by Gasteiger charge is 2.36. The average molecular weight is 497 g/mol. The summed E-state index contributed by atoms with van der Waals surface area (Å²) in [6, 6.07) is 14.5. The largest absolute Gasteiger partial charge is 0.478 e. The fraction of sp³-hybridized carbons (Fsp3) is 0.0833. The topological polar surface area (TPSA) is 117 Å². The average Bonchev–Trinajstić information content (AvgIpc) is 3.34. The van der Waals surface area contributed by atoms with Gasteiger partial charge in [-0.15, -0.1) is 0 Å². The number of nitrogens with one attached hydrogen (secondary N) is 1. The zero-order chi connectivity index (χ0) is 24.4. The number of furan rings is 1. The lowest BCUT2D eigenvalue weighted by Crippen LogP contribution is -2.36. The molecule has 0 aliphatic carbocycles. The normalized spacial score (nSPS) is 14.6. The number of hydrogen-bond acceptors (Lipinski definition) is 6. The first-order valence-electron chi connectivity index (χ1n) is 9.96. The third kappa shape index (κ3) is 5.05. The molecular formula is C24H17ClN2O6S. The first kappa shape index (κ1) is 23.3. The van der Waals surface area contributed by atoms with Crippen molar-refractivity contribution in [1.29, 1.82) is 0 Å². The highest BCUT2D eigenvalue weighted by molar-refractivity contribution is 8.18. The smallest absolute Gasteiger partial charge is 0.335 e. The molecule has 172 valence electrons. The number of carbonyl (C=O) groups excluding carboxylic acids is 3. The van der Waals surface area contributed by atoms with Gasteiger partial charge in [-0.1, -0.05) is 23.7 Å². The predicted octanol–water partition coefficient (Wildman–Crippen LogP) is 5.28. The number of carbonyl (C=O) groups is 4. The highest BCUT2D eigenvalue weighted by atomic mass is 35.5. The van der Waals surface area contributed by atoms with Crippen LogP contribution in [0.2, 0.25) is 5.02 Å². The highest BCUT2D eigenvalue weighted by Crippen LogP contribution is 2.34. The zero-order valence-corrected chi connectivity index (χ0v) is 19.3. The van der Waals surface area contributed by atoms with Crippen LogP contribution in [0.1, 0.15) is 21.7 Å². The number of carboxylic acids is 1. The molecule has 0 bridgehead atoms. The van der Waals surface area contributed by atoms with Crippen molar-refractivity contribution in [3.05, 3.63) is 81.4 Å². The Kier molecular flexibility index (Phi) is 6.58. The molecule has 8 nitrogen and oxygen atoms in total. The maximum absolute atomic E-state index is 12.7. The Morgan fingerprint density at radius 3 is 2.65 bits per heavy atom. The Labute approximate surface area is 203 Å². The summed E-state index contributed by atoms with van der Waals surface area (Å²) in [7, 11) is 0. The summed E-state index contributed by atoms with van der Waals surface area (Å²) in [4.78, 5) is 49.5. The van der Waals surface area contributed by atoms with E-state index in [9.17, 15) is 19.2 Å². The Hall–Kier alpha value is -3.82. The summed E-state index contributed by atoms with van der Waals surface area (Å²) in [5, 5.41) is 11.6. The quantitative estimate of drug-likeness (QED) is 0.446. The summed E-state index contributed by atoms with van der Waals surface area (Å²) in [6.45, 7) is 1.33. The molecule has 1 aromatic heterocycles. The van der Waals surface area contributed by atoms with Crippen molar-refractivity contribution >= 4 is 58.1 Å². The molecule has 3 amide bonds. The van der Waals surface area contributed by atoms with Crippen LogP contribution in [0.15, 0.2) is 63.9 Å². The zero-order valence-electron chi connectivity index (χ0n) is 17.7. The number of nitrogens with zero attached hydrogens (tertiary/aromatic N) is 1. The van der Waals surface area contributed by atoms with E-state index in [1.165, 1.54) is 12.1 Å². The minimum absolute atomic E-state index is 0.124. The van der Waals surface area contributed by atoms with Crippen molar-refractivity contribution in [2.24, 2.45) is 0 Å². The molecule has 1 aliphatic heterocycles. The third-order valence-electron chi connectivity index (χ3n) is 4.92. The van der Waals surface area contributed by atoms with Crippen LogP contribution >= 0.6 is 23.4 Å². The Morgan fingerprint density at radius 1 is 1.15 bits per heavy atom. The molecule has 1 aliphatic rings. The minimum Gasteiger partial charge on any atom is -0.478 e. The third-order valence-corrected chi connectivity index (χ3v) is 6.07. The number of rotatable bonds is 6. The van der Waals surface area contributed by atoms with Gasteiger partial charge < -0.3 is 14.8 Å². The van der Waals surface area contributed by atoms with Gasteiger partial charge in [-0.2, -0.15) is 0 Å². The van der Waals surface area contributed by atoms with E-state index in [4.69, 9.17) is 21.1 Å². The van der Waals surface area contributed by atoms with E-state index in [-0.39, 0.29) is 10.5 Å². The molecule has 1 fully saturated rings. The van der Waals surface area contributed by atoms with Crippen molar-refractivity contribution in [3.8, 4) is 11.3 Å². The van der Waals surface area contributed by atoms with Crippen LogP contribution < -0.4 is 5.32 Å². The monoisotopic (exact) mass is 496 g/mol. The van der Waals surface area contributed by atoms with Gasteiger partial charge in [0.05, 0.1) is 10.5 Å². The molecule has 0 saturated carbocycles. The van der Waals surface area contributed by atoms with Crippen molar-refractivity contribution < 1.29 is 28.7 Å². The van der Waals surface area contributed by atoms with Gasteiger partial charge in [-0.3, -0.25) is 19.3 Å². The summed E-state index contributed by atoms with van der Waals surface area (Å²) < 4.78 is 5.79. The summed E-state index contributed by atoms with van der Waals surface area (Å²) in [5.41, 5.74) is 2.04. The van der Waals surface area contributed by atoms with Gasteiger partial charge in [0.1, 0.15) is 18.1 Å². The van der Waals surface area contributed by atoms with Gasteiger partial charge in [0, 0.05) is 22.3 Å². The number of aromatic carboxylic acids is 1. The number of benzene rings is 2. The summed E-state index contributed by atoms with van der Waals surface area (Å²) in [6.07, 6.45) is 1.43. The molecule has 2 aromatic carbocycles. The van der Waals surface area contributed by atoms with Gasteiger partial charge in [-0.25, -0.2) is 4.79 Å². The predicted molar refractivity (Wildman–Crippen MR) is 129 cm³/mol. The van der Waals surface area contributed by atoms with Crippen LogP contribution in [0.25, 0.3) is 17.4 Å². The lowest BCUT2D eigenvalue weighted by molar-refractivity contribution is -0.127. The molecule has 1 saturated heterocycles.